The van der Waals surface area contributed by atoms with E-state index in [1.807, 2.05) is 71.1 Å². The van der Waals surface area contributed by atoms with E-state index in [9.17, 15) is 9.59 Å². The van der Waals surface area contributed by atoms with Gasteiger partial charge in [0, 0.05) is 42.8 Å². The molecule has 1 aliphatic rings. The van der Waals surface area contributed by atoms with E-state index >= 15 is 0 Å². The average Bonchev–Trinajstić information content (AvgIpc) is 3.44. The van der Waals surface area contributed by atoms with Gasteiger partial charge in [0.25, 0.3) is 5.91 Å². The molecule has 1 aromatic heterocycles. The molecule has 2 N–H and O–H groups in total. The van der Waals surface area contributed by atoms with Crippen LogP contribution >= 0.6 is 0 Å². The Morgan fingerprint density at radius 2 is 1.83 bits per heavy atom. The van der Waals surface area contributed by atoms with Gasteiger partial charge in [0.2, 0.25) is 0 Å². The Kier molecular flexibility index (Phi) is 5.79. The van der Waals surface area contributed by atoms with Crippen LogP contribution in [0.1, 0.15) is 34.5 Å². The summed E-state index contributed by atoms with van der Waals surface area (Å²) in [6, 6.07) is 16.6. The van der Waals surface area contributed by atoms with Gasteiger partial charge in [-0.2, -0.15) is 5.10 Å². The van der Waals surface area contributed by atoms with Gasteiger partial charge in [-0.05, 0) is 61.7 Å². The van der Waals surface area contributed by atoms with Gasteiger partial charge < -0.3 is 15.5 Å². The Balaban J connectivity index is 1.36. The van der Waals surface area contributed by atoms with Gasteiger partial charge in [-0.3, -0.25) is 4.79 Å². The summed E-state index contributed by atoms with van der Waals surface area (Å²) < 4.78 is 1.81. The van der Waals surface area contributed by atoms with Crippen LogP contribution in [-0.4, -0.2) is 39.7 Å². The smallest absolute Gasteiger partial charge is 0.319 e. The second-order valence-electron chi connectivity index (χ2n) is 7.44. The van der Waals surface area contributed by atoms with Crippen molar-refractivity contribution in [2.75, 3.05) is 18.4 Å². The Hall–Kier alpha value is -3.61. The van der Waals surface area contributed by atoms with Gasteiger partial charge in [0.1, 0.15) is 0 Å². The SMILES string of the molecule is Cc1ccnn1-c1cccc(NC(=O)NCc2cccc(C(=O)N3CCCC3)c2)c1. The van der Waals surface area contributed by atoms with Crippen LogP contribution in [0.25, 0.3) is 5.69 Å². The molecular weight excluding hydrogens is 378 g/mol. The molecule has 0 spiro atoms. The molecule has 1 fully saturated rings. The van der Waals surface area contributed by atoms with Crippen molar-refractivity contribution in [3.63, 3.8) is 0 Å². The largest absolute Gasteiger partial charge is 0.339 e. The second kappa shape index (κ2) is 8.82. The summed E-state index contributed by atoms with van der Waals surface area (Å²) in [7, 11) is 0. The maximum atomic E-state index is 12.6. The molecule has 1 saturated heterocycles. The summed E-state index contributed by atoms with van der Waals surface area (Å²) in [6.07, 6.45) is 3.87. The molecule has 3 amide bonds. The third-order valence-electron chi connectivity index (χ3n) is 5.20. The minimum absolute atomic E-state index is 0.0598. The number of anilines is 1. The first-order valence-electron chi connectivity index (χ1n) is 10.1. The highest BCUT2D eigenvalue weighted by Gasteiger charge is 2.19. The lowest BCUT2D eigenvalue weighted by Gasteiger charge is -2.16. The van der Waals surface area contributed by atoms with Gasteiger partial charge >= 0.3 is 6.03 Å². The van der Waals surface area contributed by atoms with Crippen molar-refractivity contribution < 1.29 is 9.59 Å². The van der Waals surface area contributed by atoms with Crippen LogP contribution in [0.3, 0.4) is 0 Å². The summed E-state index contributed by atoms with van der Waals surface area (Å²) in [5.74, 6) is 0.0598. The van der Waals surface area contributed by atoms with Crippen molar-refractivity contribution in [2.24, 2.45) is 0 Å². The minimum atomic E-state index is -0.305. The fourth-order valence-electron chi connectivity index (χ4n) is 3.63. The number of benzene rings is 2. The monoisotopic (exact) mass is 403 g/mol. The summed E-state index contributed by atoms with van der Waals surface area (Å²) >= 11 is 0. The zero-order valence-corrected chi connectivity index (χ0v) is 17.0. The van der Waals surface area contributed by atoms with Crippen LogP contribution in [0, 0.1) is 6.92 Å². The predicted molar refractivity (Wildman–Crippen MR) is 116 cm³/mol. The van der Waals surface area contributed by atoms with Crippen molar-refractivity contribution in [3.8, 4) is 5.69 Å². The maximum absolute atomic E-state index is 12.6. The van der Waals surface area contributed by atoms with Gasteiger partial charge in [-0.25, -0.2) is 9.48 Å². The van der Waals surface area contributed by atoms with Crippen LogP contribution < -0.4 is 10.6 Å². The van der Waals surface area contributed by atoms with Crippen LogP contribution in [0.4, 0.5) is 10.5 Å². The lowest BCUT2D eigenvalue weighted by molar-refractivity contribution is 0.0792. The molecule has 0 saturated carbocycles. The molecular formula is C23H25N5O2. The number of amides is 3. The van der Waals surface area contributed by atoms with Crippen molar-refractivity contribution in [1.29, 1.82) is 0 Å². The fraction of sp³-hybridized carbons (Fsp3) is 0.261. The Morgan fingerprint density at radius 3 is 2.60 bits per heavy atom. The molecule has 2 aromatic carbocycles. The van der Waals surface area contributed by atoms with E-state index in [1.165, 1.54) is 0 Å². The zero-order chi connectivity index (χ0) is 20.9. The normalized spacial score (nSPS) is 13.3. The molecule has 0 unspecified atom stereocenters. The van der Waals surface area contributed by atoms with E-state index in [1.54, 1.807) is 6.20 Å². The first kappa shape index (κ1) is 19.7. The molecule has 30 heavy (non-hydrogen) atoms. The Labute approximate surface area is 175 Å². The van der Waals surface area contributed by atoms with Gasteiger partial charge in [-0.15, -0.1) is 0 Å². The number of likely N-dealkylation sites (tertiary alicyclic amines) is 1. The average molecular weight is 403 g/mol. The standard InChI is InChI=1S/C23H25N5O2/c1-17-10-11-25-28(17)21-9-5-8-20(15-21)26-23(30)24-16-18-6-4-7-19(14-18)22(29)27-12-2-3-13-27/h4-11,14-15H,2-3,12-13,16H2,1H3,(H2,24,26,30). The van der Waals surface area contributed by atoms with E-state index in [2.05, 4.69) is 15.7 Å². The van der Waals surface area contributed by atoms with Crippen LogP contribution in [0.15, 0.2) is 60.8 Å². The highest BCUT2D eigenvalue weighted by atomic mass is 16.2. The van der Waals surface area contributed by atoms with Crippen LogP contribution in [0.5, 0.6) is 0 Å². The molecule has 0 aliphatic carbocycles. The molecule has 0 atom stereocenters. The van der Waals surface area contributed by atoms with Crippen LogP contribution in [-0.2, 0) is 6.54 Å². The predicted octanol–water partition coefficient (Wildman–Crippen LogP) is 3.74. The number of aryl methyl sites for hydroxylation is 1. The van der Waals surface area contributed by atoms with E-state index < -0.39 is 0 Å². The molecule has 1 aliphatic heterocycles. The molecule has 3 aromatic rings. The van der Waals surface area contributed by atoms with Crippen LogP contribution in [0.2, 0.25) is 0 Å². The maximum Gasteiger partial charge on any atom is 0.319 e. The molecule has 7 heteroatoms. The van der Waals surface area contributed by atoms with Crippen molar-refractivity contribution in [1.82, 2.24) is 20.0 Å². The molecule has 7 nitrogen and oxygen atoms in total. The van der Waals surface area contributed by atoms with Crippen molar-refractivity contribution >= 4 is 17.6 Å². The Bertz CT molecular complexity index is 1050. The second-order valence-corrected chi connectivity index (χ2v) is 7.44. The number of carbonyl (C=O) groups excluding carboxylic acids is 2. The number of carbonyl (C=O) groups is 2. The fourth-order valence-corrected chi connectivity index (χ4v) is 3.63. The molecule has 154 valence electrons. The lowest BCUT2D eigenvalue weighted by atomic mass is 10.1. The number of aromatic nitrogens is 2. The number of rotatable bonds is 5. The van der Waals surface area contributed by atoms with E-state index in [-0.39, 0.29) is 11.9 Å². The van der Waals surface area contributed by atoms with E-state index in [0.29, 0.717) is 17.8 Å². The van der Waals surface area contributed by atoms with Gasteiger partial charge in [0.05, 0.1) is 5.69 Å². The summed E-state index contributed by atoms with van der Waals surface area (Å²) in [5, 5.41) is 9.99. The molecule has 0 bridgehead atoms. The number of nitrogens with one attached hydrogen (secondary N) is 2. The Morgan fingerprint density at radius 1 is 1.03 bits per heavy atom. The minimum Gasteiger partial charge on any atom is -0.339 e. The topological polar surface area (TPSA) is 79.3 Å². The third-order valence-corrected chi connectivity index (χ3v) is 5.20. The van der Waals surface area contributed by atoms with Gasteiger partial charge in [-0.1, -0.05) is 18.2 Å². The van der Waals surface area contributed by atoms with Crippen molar-refractivity contribution in [3.05, 3.63) is 77.6 Å². The molecule has 0 radical (unpaired) electrons. The first-order valence-corrected chi connectivity index (χ1v) is 10.1. The lowest BCUT2D eigenvalue weighted by Crippen LogP contribution is -2.29. The summed E-state index contributed by atoms with van der Waals surface area (Å²) in [5.41, 5.74) is 4.12. The number of nitrogens with zero attached hydrogens (tertiary/aromatic N) is 3. The highest BCUT2D eigenvalue weighted by Crippen LogP contribution is 2.16. The van der Waals surface area contributed by atoms with E-state index in [4.69, 9.17) is 0 Å². The van der Waals surface area contributed by atoms with Gasteiger partial charge in [0.15, 0.2) is 0 Å². The number of urea groups is 1. The highest BCUT2D eigenvalue weighted by molar-refractivity contribution is 5.94. The quantitative estimate of drug-likeness (QED) is 0.681. The molecule has 4 rings (SSSR count). The number of hydrogen-bond acceptors (Lipinski definition) is 3. The zero-order valence-electron chi connectivity index (χ0n) is 17.0. The molecule has 2 heterocycles. The first-order chi connectivity index (χ1) is 14.6. The number of hydrogen-bond donors (Lipinski definition) is 2. The summed E-state index contributed by atoms with van der Waals surface area (Å²) in [4.78, 5) is 26.8. The van der Waals surface area contributed by atoms with Crippen molar-refractivity contribution in [2.45, 2.75) is 26.3 Å². The third kappa shape index (κ3) is 4.51. The van der Waals surface area contributed by atoms with E-state index in [0.717, 1.165) is 42.9 Å². The summed E-state index contributed by atoms with van der Waals surface area (Å²) in [6.45, 7) is 3.95.